The van der Waals surface area contributed by atoms with Gasteiger partial charge in [0, 0.05) is 31.6 Å². The van der Waals surface area contributed by atoms with Gasteiger partial charge in [0.05, 0.1) is 11.9 Å². The molecule has 218 valence electrons. The quantitative estimate of drug-likeness (QED) is 0.410. The second-order valence-corrected chi connectivity index (χ2v) is 12.2. The minimum absolute atomic E-state index is 0.0327. The predicted octanol–water partition coefficient (Wildman–Crippen LogP) is 4.01. The maximum atomic E-state index is 13.6. The van der Waals surface area contributed by atoms with E-state index in [1.807, 2.05) is 6.92 Å². The van der Waals surface area contributed by atoms with Gasteiger partial charge in [-0.3, -0.25) is 13.9 Å². The summed E-state index contributed by atoms with van der Waals surface area (Å²) < 4.78 is 51.2. The summed E-state index contributed by atoms with van der Waals surface area (Å²) in [5.74, 6) is 0.175. The Morgan fingerprint density at radius 3 is 2.38 bits per heavy atom. The summed E-state index contributed by atoms with van der Waals surface area (Å²) >= 11 is 0. The van der Waals surface area contributed by atoms with Crippen molar-refractivity contribution >= 4 is 27.5 Å². The van der Waals surface area contributed by atoms with Crippen molar-refractivity contribution in [3.63, 3.8) is 0 Å². The van der Waals surface area contributed by atoms with Crippen molar-refractivity contribution in [1.82, 2.24) is 10.2 Å². The van der Waals surface area contributed by atoms with Crippen LogP contribution in [0.3, 0.4) is 0 Å². The van der Waals surface area contributed by atoms with Gasteiger partial charge in [-0.1, -0.05) is 31.9 Å². The van der Waals surface area contributed by atoms with Crippen LogP contribution >= 0.6 is 0 Å². The van der Waals surface area contributed by atoms with Gasteiger partial charge >= 0.3 is 0 Å². The fraction of sp³-hybridized carbons (Fsp3) is 0.517. The van der Waals surface area contributed by atoms with Crippen LogP contribution in [-0.4, -0.2) is 63.2 Å². The third-order valence-corrected chi connectivity index (χ3v) is 8.51. The molecule has 1 unspecified atom stereocenters. The molecule has 1 atom stereocenters. The molecule has 0 radical (unpaired) electrons. The molecule has 4 rings (SSSR count). The molecule has 2 aliphatic rings. The number of ether oxygens (including phenoxy) is 2. The number of hydrogen-bond donors (Lipinski definition) is 1. The summed E-state index contributed by atoms with van der Waals surface area (Å²) in [4.78, 5) is 28.4. The number of halogens is 1. The Labute approximate surface area is 235 Å². The second kappa shape index (κ2) is 13.3. The zero-order valence-corrected chi connectivity index (χ0v) is 23.9. The van der Waals surface area contributed by atoms with Crippen LogP contribution in [0.4, 0.5) is 10.1 Å². The standard InChI is InChI=1S/C29H38FN3O6S/c1-3-25(29(35)31-23-7-4-5-8-23)32(20-21-10-12-22(30)13-11-21)28(34)9-6-16-33(40(2,36)37)24-14-15-26-27(19-24)39-18-17-38-26/h10-15,19,23,25H,3-9,16-18,20H2,1-2H3,(H,31,35). The van der Waals surface area contributed by atoms with Crippen LogP contribution in [0.2, 0.25) is 0 Å². The van der Waals surface area contributed by atoms with Gasteiger partial charge in [-0.2, -0.15) is 0 Å². The zero-order chi connectivity index (χ0) is 28.7. The lowest BCUT2D eigenvalue weighted by Crippen LogP contribution is -2.51. The SMILES string of the molecule is CCC(C(=O)NC1CCCC1)N(Cc1ccc(F)cc1)C(=O)CCCN(c1ccc2c(c1)OCCO2)S(C)(=O)=O. The highest BCUT2D eigenvalue weighted by Crippen LogP contribution is 2.35. The molecule has 2 aromatic carbocycles. The minimum Gasteiger partial charge on any atom is -0.486 e. The van der Waals surface area contributed by atoms with Crippen LogP contribution in [0.5, 0.6) is 11.5 Å². The van der Waals surface area contributed by atoms with E-state index in [-0.39, 0.29) is 49.6 Å². The van der Waals surface area contributed by atoms with Crippen LogP contribution in [-0.2, 0) is 26.2 Å². The van der Waals surface area contributed by atoms with Crippen molar-refractivity contribution in [2.75, 3.05) is 30.3 Å². The molecule has 40 heavy (non-hydrogen) atoms. The van der Waals surface area contributed by atoms with Crippen molar-refractivity contribution in [3.8, 4) is 11.5 Å². The predicted molar refractivity (Wildman–Crippen MR) is 150 cm³/mol. The van der Waals surface area contributed by atoms with Gasteiger partial charge in [0.25, 0.3) is 0 Å². The number of anilines is 1. The van der Waals surface area contributed by atoms with Crippen LogP contribution in [0.25, 0.3) is 0 Å². The summed E-state index contributed by atoms with van der Waals surface area (Å²) in [6.45, 7) is 2.88. The molecule has 1 aliphatic carbocycles. The number of rotatable bonds is 12. The number of nitrogens with zero attached hydrogens (tertiary/aromatic N) is 2. The van der Waals surface area contributed by atoms with E-state index < -0.39 is 16.1 Å². The van der Waals surface area contributed by atoms with E-state index in [2.05, 4.69) is 5.32 Å². The van der Waals surface area contributed by atoms with Crippen LogP contribution in [0.15, 0.2) is 42.5 Å². The zero-order valence-electron chi connectivity index (χ0n) is 23.1. The van der Waals surface area contributed by atoms with Gasteiger partial charge in [-0.15, -0.1) is 0 Å². The van der Waals surface area contributed by atoms with E-state index in [1.54, 1.807) is 30.3 Å². The van der Waals surface area contributed by atoms with E-state index >= 15 is 0 Å². The molecule has 0 bridgehead atoms. The Balaban J connectivity index is 1.48. The van der Waals surface area contributed by atoms with Gasteiger partial charge in [-0.05, 0) is 55.5 Å². The number of benzene rings is 2. The van der Waals surface area contributed by atoms with E-state index in [0.29, 0.717) is 42.4 Å². The number of fused-ring (bicyclic) bond motifs is 1. The summed E-state index contributed by atoms with van der Waals surface area (Å²) in [7, 11) is -3.65. The molecule has 1 N–H and O–H groups in total. The molecular formula is C29H38FN3O6S. The lowest BCUT2D eigenvalue weighted by Gasteiger charge is -2.32. The minimum atomic E-state index is -3.65. The largest absolute Gasteiger partial charge is 0.486 e. The second-order valence-electron chi connectivity index (χ2n) is 10.3. The fourth-order valence-corrected chi connectivity index (χ4v) is 6.22. The molecule has 2 amide bonds. The lowest BCUT2D eigenvalue weighted by molar-refractivity contribution is -0.141. The van der Waals surface area contributed by atoms with Crippen LogP contribution < -0.4 is 19.1 Å². The first-order valence-corrected chi connectivity index (χ1v) is 15.7. The normalized spacial score (nSPS) is 15.9. The molecule has 0 saturated heterocycles. The maximum Gasteiger partial charge on any atom is 0.243 e. The number of amides is 2. The molecule has 2 aromatic rings. The van der Waals surface area contributed by atoms with Crippen molar-refractivity contribution in [2.24, 2.45) is 0 Å². The highest BCUT2D eigenvalue weighted by molar-refractivity contribution is 7.92. The highest BCUT2D eigenvalue weighted by Gasteiger charge is 2.31. The fourth-order valence-electron chi connectivity index (χ4n) is 5.26. The molecular weight excluding hydrogens is 537 g/mol. The van der Waals surface area contributed by atoms with Gasteiger partial charge in [-0.25, -0.2) is 12.8 Å². The first-order valence-electron chi connectivity index (χ1n) is 13.9. The van der Waals surface area contributed by atoms with Crippen LogP contribution in [0.1, 0.15) is 57.4 Å². The molecule has 1 aliphatic heterocycles. The molecule has 1 fully saturated rings. The lowest BCUT2D eigenvalue weighted by atomic mass is 10.1. The number of hydrogen-bond acceptors (Lipinski definition) is 6. The average Bonchev–Trinajstić information content (AvgIpc) is 3.44. The van der Waals surface area contributed by atoms with Gasteiger partial charge in [0.2, 0.25) is 21.8 Å². The van der Waals surface area contributed by atoms with E-state index in [4.69, 9.17) is 9.47 Å². The topological polar surface area (TPSA) is 105 Å². The monoisotopic (exact) mass is 575 g/mol. The van der Waals surface area contributed by atoms with Crippen molar-refractivity contribution in [2.45, 2.75) is 70.5 Å². The highest BCUT2D eigenvalue weighted by atomic mass is 32.2. The van der Waals surface area contributed by atoms with Crippen molar-refractivity contribution in [3.05, 3.63) is 53.8 Å². The smallest absolute Gasteiger partial charge is 0.243 e. The Morgan fingerprint density at radius 2 is 1.73 bits per heavy atom. The third-order valence-electron chi connectivity index (χ3n) is 7.32. The third kappa shape index (κ3) is 7.65. The Morgan fingerprint density at radius 1 is 1.05 bits per heavy atom. The molecule has 9 nitrogen and oxygen atoms in total. The molecule has 1 saturated carbocycles. The van der Waals surface area contributed by atoms with Crippen molar-refractivity contribution in [1.29, 1.82) is 0 Å². The van der Waals surface area contributed by atoms with Gasteiger partial charge < -0.3 is 19.7 Å². The van der Waals surface area contributed by atoms with E-state index in [9.17, 15) is 22.4 Å². The Kier molecular flexibility index (Phi) is 9.89. The average molecular weight is 576 g/mol. The van der Waals surface area contributed by atoms with Crippen LogP contribution in [0, 0.1) is 5.82 Å². The van der Waals surface area contributed by atoms with Crippen molar-refractivity contribution < 1.29 is 31.9 Å². The maximum absolute atomic E-state index is 13.6. The van der Waals surface area contributed by atoms with Gasteiger partial charge in [0.1, 0.15) is 25.1 Å². The Hall–Kier alpha value is -3.34. The number of carbonyl (C=O) groups is 2. The number of nitrogens with one attached hydrogen (secondary N) is 1. The molecule has 1 heterocycles. The van der Waals surface area contributed by atoms with Gasteiger partial charge in [0.15, 0.2) is 11.5 Å². The molecule has 11 heteroatoms. The summed E-state index contributed by atoms with van der Waals surface area (Å²) in [5.41, 5.74) is 1.13. The van der Waals surface area contributed by atoms with E-state index in [1.165, 1.54) is 21.3 Å². The van der Waals surface area contributed by atoms with E-state index in [0.717, 1.165) is 31.9 Å². The number of carbonyl (C=O) groups excluding carboxylic acids is 2. The summed E-state index contributed by atoms with van der Waals surface area (Å²) in [5, 5.41) is 3.10. The Bertz CT molecular complexity index is 1280. The number of sulfonamides is 1. The molecule has 0 aromatic heterocycles. The summed E-state index contributed by atoms with van der Waals surface area (Å²) in [6, 6.07) is 10.2. The summed E-state index contributed by atoms with van der Waals surface area (Å²) in [6.07, 6.45) is 5.79. The molecule has 0 spiro atoms. The first kappa shape index (κ1) is 29.6. The first-order chi connectivity index (χ1) is 19.2.